The van der Waals surface area contributed by atoms with Gasteiger partial charge in [0, 0.05) is 38.0 Å². The smallest absolute Gasteiger partial charge is 0.407 e. The van der Waals surface area contributed by atoms with Crippen molar-refractivity contribution in [1.82, 2.24) is 10.6 Å². The van der Waals surface area contributed by atoms with Gasteiger partial charge in [-0.15, -0.1) is 0 Å². The summed E-state index contributed by atoms with van der Waals surface area (Å²) in [5, 5.41) is 7.27. The molecular formula is C29H39FN2O4. The molecule has 0 saturated heterocycles. The van der Waals surface area contributed by atoms with E-state index in [0.29, 0.717) is 19.8 Å². The van der Waals surface area contributed by atoms with E-state index in [1.807, 2.05) is 32.9 Å². The number of ether oxygens (including phenoxy) is 2. The molecule has 0 bridgehead atoms. The van der Waals surface area contributed by atoms with E-state index in [1.165, 1.54) is 17.7 Å². The Kier molecular flexibility index (Phi) is 10.8. The van der Waals surface area contributed by atoms with Gasteiger partial charge in [-0.05, 0) is 81.8 Å². The maximum Gasteiger partial charge on any atom is 0.407 e. The minimum atomic E-state index is -0.464. The molecule has 0 aliphatic heterocycles. The maximum absolute atomic E-state index is 13.1. The first kappa shape index (κ1) is 27.7. The van der Waals surface area contributed by atoms with Crippen molar-refractivity contribution in [2.45, 2.75) is 65.0 Å². The fourth-order valence-corrected chi connectivity index (χ4v) is 3.77. The Labute approximate surface area is 213 Å². The number of alkyl carbamates (subject to hydrolysis) is 1. The third kappa shape index (κ3) is 10.4. The number of halogens is 1. The molecule has 3 rings (SSSR count). The van der Waals surface area contributed by atoms with E-state index in [9.17, 15) is 9.18 Å². The summed E-state index contributed by atoms with van der Waals surface area (Å²) in [7, 11) is 0. The molecule has 1 heterocycles. The van der Waals surface area contributed by atoms with Crippen LogP contribution >= 0.6 is 0 Å². The van der Waals surface area contributed by atoms with Gasteiger partial charge in [0.1, 0.15) is 22.8 Å². The van der Waals surface area contributed by atoms with Crippen LogP contribution in [0.4, 0.5) is 9.18 Å². The van der Waals surface area contributed by atoms with Gasteiger partial charge in [-0.25, -0.2) is 9.18 Å². The van der Waals surface area contributed by atoms with Crippen LogP contribution in [0.2, 0.25) is 0 Å². The summed E-state index contributed by atoms with van der Waals surface area (Å²) in [5.41, 5.74) is 2.69. The largest absolute Gasteiger partial charge is 0.461 e. The van der Waals surface area contributed by atoms with Crippen LogP contribution in [0.5, 0.6) is 0 Å². The minimum Gasteiger partial charge on any atom is -0.461 e. The summed E-state index contributed by atoms with van der Waals surface area (Å²) >= 11 is 0. The van der Waals surface area contributed by atoms with Crippen molar-refractivity contribution in [3.8, 4) is 0 Å². The fraction of sp³-hybridized carbons (Fsp3) is 0.483. The number of hydrogen-bond acceptors (Lipinski definition) is 5. The van der Waals surface area contributed by atoms with Gasteiger partial charge in [-0.2, -0.15) is 0 Å². The highest BCUT2D eigenvalue weighted by molar-refractivity contribution is 5.78. The van der Waals surface area contributed by atoms with Gasteiger partial charge < -0.3 is 24.5 Å². The second-order valence-electron chi connectivity index (χ2n) is 9.99. The fourth-order valence-electron chi connectivity index (χ4n) is 3.77. The van der Waals surface area contributed by atoms with Gasteiger partial charge >= 0.3 is 6.09 Å². The van der Waals surface area contributed by atoms with Crippen molar-refractivity contribution >= 4 is 17.1 Å². The number of carbonyl (C=O) groups is 1. The zero-order valence-corrected chi connectivity index (χ0v) is 21.7. The van der Waals surface area contributed by atoms with Crippen LogP contribution < -0.4 is 10.6 Å². The van der Waals surface area contributed by atoms with Gasteiger partial charge in [-0.1, -0.05) is 24.3 Å². The first-order valence-electron chi connectivity index (χ1n) is 12.8. The lowest BCUT2D eigenvalue weighted by Gasteiger charge is -2.19. The molecule has 1 aromatic heterocycles. The molecule has 2 N–H and O–H groups in total. The molecule has 0 saturated carbocycles. The SMILES string of the molecule is CC(C)(C)OC(=O)NCCCCCOCCNCc1ccc2cc(CCc3ccc(F)cc3)oc2c1. The standard InChI is InChI=1S/C29H39FN2O4/c1-29(2,3)36-28(33)32-15-5-4-6-17-34-18-16-31-21-23-7-11-24-20-26(35-27(24)19-23)14-10-22-8-12-25(30)13-9-22/h7-9,11-13,19-20,31H,4-6,10,14-18,21H2,1-3H3,(H,32,33). The lowest BCUT2D eigenvalue weighted by atomic mass is 10.1. The molecule has 7 heteroatoms. The van der Waals surface area contributed by atoms with Gasteiger partial charge in [-0.3, -0.25) is 0 Å². The summed E-state index contributed by atoms with van der Waals surface area (Å²) in [4.78, 5) is 11.6. The quantitative estimate of drug-likeness (QED) is 0.261. The molecule has 2 aromatic carbocycles. The highest BCUT2D eigenvalue weighted by Crippen LogP contribution is 2.22. The molecule has 6 nitrogen and oxygen atoms in total. The molecule has 0 aliphatic carbocycles. The second kappa shape index (κ2) is 14.0. The Morgan fingerprint density at radius 1 is 0.917 bits per heavy atom. The Balaban J connectivity index is 1.24. The number of amides is 1. The number of unbranched alkanes of at least 4 members (excludes halogenated alkanes) is 2. The topological polar surface area (TPSA) is 72.7 Å². The average Bonchev–Trinajstić information content (AvgIpc) is 3.23. The third-order valence-corrected chi connectivity index (χ3v) is 5.59. The number of nitrogens with one attached hydrogen (secondary N) is 2. The zero-order valence-electron chi connectivity index (χ0n) is 21.7. The Hall–Kier alpha value is -2.90. The summed E-state index contributed by atoms with van der Waals surface area (Å²) in [6.07, 6.45) is 4.11. The molecule has 0 spiro atoms. The molecule has 36 heavy (non-hydrogen) atoms. The van der Waals surface area contributed by atoms with E-state index in [0.717, 1.165) is 67.5 Å². The average molecular weight is 499 g/mol. The van der Waals surface area contributed by atoms with Crippen LogP contribution in [0.25, 0.3) is 11.0 Å². The molecule has 1 amide bonds. The van der Waals surface area contributed by atoms with Crippen LogP contribution in [0, 0.1) is 5.82 Å². The Morgan fingerprint density at radius 2 is 1.69 bits per heavy atom. The molecule has 196 valence electrons. The van der Waals surface area contributed by atoms with E-state index >= 15 is 0 Å². The van der Waals surface area contributed by atoms with E-state index in [4.69, 9.17) is 13.9 Å². The minimum absolute atomic E-state index is 0.211. The van der Waals surface area contributed by atoms with E-state index in [1.54, 1.807) is 0 Å². The van der Waals surface area contributed by atoms with Crippen LogP contribution in [0.1, 0.15) is 56.9 Å². The highest BCUT2D eigenvalue weighted by Gasteiger charge is 2.15. The molecule has 0 radical (unpaired) electrons. The van der Waals surface area contributed by atoms with Crippen LogP contribution in [-0.4, -0.2) is 38.0 Å². The number of hydrogen-bond donors (Lipinski definition) is 2. The van der Waals surface area contributed by atoms with Crippen molar-refractivity contribution < 1.29 is 23.1 Å². The van der Waals surface area contributed by atoms with E-state index < -0.39 is 5.60 Å². The number of aryl methyl sites for hydroxylation is 2. The number of rotatable bonds is 14. The Morgan fingerprint density at radius 3 is 2.47 bits per heavy atom. The summed E-state index contributed by atoms with van der Waals surface area (Å²) in [6.45, 7) is 9.08. The predicted molar refractivity (Wildman–Crippen MR) is 141 cm³/mol. The van der Waals surface area contributed by atoms with Crippen LogP contribution in [0.3, 0.4) is 0 Å². The van der Waals surface area contributed by atoms with Crippen molar-refractivity contribution in [1.29, 1.82) is 0 Å². The maximum atomic E-state index is 13.1. The van der Waals surface area contributed by atoms with Crippen LogP contribution in [-0.2, 0) is 28.9 Å². The number of benzene rings is 2. The molecular weight excluding hydrogens is 459 g/mol. The molecule has 0 aliphatic rings. The van der Waals surface area contributed by atoms with Crippen molar-refractivity contribution in [3.05, 3.63) is 71.2 Å². The first-order chi connectivity index (χ1) is 17.3. The highest BCUT2D eigenvalue weighted by atomic mass is 19.1. The van der Waals surface area contributed by atoms with Gasteiger partial charge in [0.15, 0.2) is 0 Å². The van der Waals surface area contributed by atoms with E-state index in [-0.39, 0.29) is 11.9 Å². The predicted octanol–water partition coefficient (Wildman–Crippen LogP) is 6.16. The zero-order chi connectivity index (χ0) is 25.8. The molecule has 0 unspecified atom stereocenters. The number of fused-ring (bicyclic) bond motifs is 1. The monoisotopic (exact) mass is 498 g/mol. The van der Waals surface area contributed by atoms with Gasteiger partial charge in [0.25, 0.3) is 0 Å². The van der Waals surface area contributed by atoms with Crippen molar-refractivity contribution in [3.63, 3.8) is 0 Å². The van der Waals surface area contributed by atoms with Crippen molar-refractivity contribution in [2.75, 3.05) is 26.3 Å². The second-order valence-corrected chi connectivity index (χ2v) is 9.99. The molecule has 0 atom stereocenters. The van der Waals surface area contributed by atoms with Crippen molar-refractivity contribution in [2.24, 2.45) is 0 Å². The molecule has 0 fully saturated rings. The van der Waals surface area contributed by atoms with E-state index in [2.05, 4.69) is 34.9 Å². The summed E-state index contributed by atoms with van der Waals surface area (Å²) < 4.78 is 30.0. The lowest BCUT2D eigenvalue weighted by molar-refractivity contribution is 0.0526. The Bertz CT molecular complexity index is 1070. The summed E-state index contributed by atoms with van der Waals surface area (Å²) in [5.74, 6) is 0.727. The molecule has 3 aromatic rings. The lowest BCUT2D eigenvalue weighted by Crippen LogP contribution is -2.33. The number of furan rings is 1. The van der Waals surface area contributed by atoms with Gasteiger partial charge in [0.2, 0.25) is 0 Å². The summed E-state index contributed by atoms with van der Waals surface area (Å²) in [6, 6.07) is 15.0. The third-order valence-electron chi connectivity index (χ3n) is 5.59. The first-order valence-corrected chi connectivity index (χ1v) is 12.8. The van der Waals surface area contributed by atoms with Crippen LogP contribution in [0.15, 0.2) is 52.9 Å². The van der Waals surface area contributed by atoms with Gasteiger partial charge in [0.05, 0.1) is 6.61 Å². The normalized spacial score (nSPS) is 11.7. The number of carbonyl (C=O) groups excluding carboxylic acids is 1.